The first-order chi connectivity index (χ1) is 6.83. The third-order valence-electron chi connectivity index (χ3n) is 2.47. The summed E-state index contributed by atoms with van der Waals surface area (Å²) in [6.07, 6.45) is 3.68. The van der Waals surface area contributed by atoms with Gasteiger partial charge in [-0.2, -0.15) is 0 Å². The number of hydrogen-bond donors (Lipinski definition) is 0. The van der Waals surface area contributed by atoms with Gasteiger partial charge in [-0.1, -0.05) is 19.9 Å². The Kier molecular flexibility index (Phi) is 4.91. The van der Waals surface area contributed by atoms with Crippen LogP contribution in [0.15, 0.2) is 24.5 Å². The molecule has 0 aliphatic rings. The quantitative estimate of drug-likeness (QED) is 0.698. The molecule has 0 spiro atoms. The lowest BCUT2D eigenvalue weighted by molar-refractivity contribution is 0.236. The topological polar surface area (TPSA) is 16.1 Å². The normalized spacial score (nSPS) is 13.1. The van der Waals surface area contributed by atoms with Crippen LogP contribution in [0.1, 0.15) is 25.5 Å². The molecule has 1 aromatic heterocycles. The van der Waals surface area contributed by atoms with Crippen LogP contribution in [0.4, 0.5) is 0 Å². The van der Waals surface area contributed by atoms with Crippen LogP contribution in [-0.2, 0) is 0 Å². The van der Waals surface area contributed by atoms with Crippen LogP contribution in [-0.4, -0.2) is 28.9 Å². The van der Waals surface area contributed by atoms with Gasteiger partial charge >= 0.3 is 0 Å². The summed E-state index contributed by atoms with van der Waals surface area (Å²) in [5, 5.41) is 0. The van der Waals surface area contributed by atoms with Crippen molar-refractivity contribution in [2.24, 2.45) is 0 Å². The van der Waals surface area contributed by atoms with E-state index in [2.05, 4.69) is 29.8 Å². The van der Waals surface area contributed by atoms with Crippen molar-refractivity contribution in [3.8, 4) is 0 Å². The Morgan fingerprint density at radius 1 is 1.43 bits per heavy atom. The van der Waals surface area contributed by atoms with Gasteiger partial charge in [0.05, 0.1) is 0 Å². The SMILES string of the molecule is CCN(CC)C(CCl)c1cccnc1. The molecule has 78 valence electrons. The summed E-state index contributed by atoms with van der Waals surface area (Å²) in [5.74, 6) is 0.618. The second-order valence-corrected chi connectivity index (χ2v) is 3.49. The lowest BCUT2D eigenvalue weighted by Gasteiger charge is -2.27. The Bertz CT molecular complexity index is 247. The van der Waals surface area contributed by atoms with Gasteiger partial charge in [-0.3, -0.25) is 9.88 Å². The predicted molar refractivity (Wildman–Crippen MR) is 60.6 cm³/mol. The highest BCUT2D eigenvalue weighted by Crippen LogP contribution is 2.20. The molecule has 0 N–H and O–H groups in total. The molecule has 14 heavy (non-hydrogen) atoms. The van der Waals surface area contributed by atoms with Crippen molar-refractivity contribution >= 4 is 11.6 Å². The summed E-state index contributed by atoms with van der Waals surface area (Å²) < 4.78 is 0. The Balaban J connectivity index is 2.81. The number of rotatable bonds is 5. The average Bonchev–Trinajstić information content (AvgIpc) is 2.27. The standard InChI is InChI=1S/C11H17ClN2/c1-3-14(4-2)11(8-12)10-6-5-7-13-9-10/h5-7,9,11H,3-4,8H2,1-2H3. The molecule has 1 atom stereocenters. The largest absolute Gasteiger partial charge is 0.296 e. The van der Waals surface area contributed by atoms with E-state index in [1.165, 1.54) is 5.56 Å². The van der Waals surface area contributed by atoms with Gasteiger partial charge in [0.1, 0.15) is 0 Å². The third-order valence-corrected chi connectivity index (χ3v) is 2.76. The fourth-order valence-corrected chi connectivity index (χ4v) is 2.01. The van der Waals surface area contributed by atoms with Crippen LogP contribution >= 0.6 is 11.6 Å². The Morgan fingerprint density at radius 2 is 2.14 bits per heavy atom. The third kappa shape index (κ3) is 2.69. The second-order valence-electron chi connectivity index (χ2n) is 3.18. The molecule has 0 aliphatic carbocycles. The first kappa shape index (κ1) is 11.5. The molecule has 1 unspecified atom stereocenters. The molecule has 1 rings (SSSR count). The minimum Gasteiger partial charge on any atom is -0.296 e. The van der Waals surface area contributed by atoms with Crippen molar-refractivity contribution in [3.05, 3.63) is 30.1 Å². The molecular formula is C11H17ClN2. The molecule has 0 radical (unpaired) electrons. The van der Waals surface area contributed by atoms with Crippen molar-refractivity contribution in [2.45, 2.75) is 19.9 Å². The number of pyridine rings is 1. The first-order valence-corrected chi connectivity index (χ1v) is 5.56. The van der Waals surface area contributed by atoms with E-state index in [0.717, 1.165) is 13.1 Å². The van der Waals surface area contributed by atoms with Crippen molar-refractivity contribution < 1.29 is 0 Å². The fourth-order valence-electron chi connectivity index (χ4n) is 1.63. The highest BCUT2D eigenvalue weighted by Gasteiger charge is 2.16. The van der Waals surface area contributed by atoms with Crippen molar-refractivity contribution in [1.82, 2.24) is 9.88 Å². The molecular weight excluding hydrogens is 196 g/mol. The summed E-state index contributed by atoms with van der Waals surface area (Å²) in [7, 11) is 0. The number of halogens is 1. The van der Waals surface area contributed by atoms with Gasteiger partial charge in [0, 0.05) is 24.3 Å². The molecule has 0 amide bonds. The zero-order chi connectivity index (χ0) is 10.4. The second kappa shape index (κ2) is 5.99. The maximum Gasteiger partial charge on any atom is 0.0498 e. The summed E-state index contributed by atoms with van der Waals surface area (Å²) >= 11 is 5.98. The van der Waals surface area contributed by atoms with Crippen LogP contribution in [0.3, 0.4) is 0 Å². The molecule has 0 aromatic carbocycles. The van der Waals surface area contributed by atoms with Crippen LogP contribution in [0.5, 0.6) is 0 Å². The van der Waals surface area contributed by atoms with E-state index in [4.69, 9.17) is 11.6 Å². The van der Waals surface area contributed by atoms with Crippen molar-refractivity contribution in [1.29, 1.82) is 0 Å². The summed E-state index contributed by atoms with van der Waals surface area (Å²) in [4.78, 5) is 6.46. The van der Waals surface area contributed by atoms with Crippen LogP contribution < -0.4 is 0 Å². The molecule has 3 heteroatoms. The molecule has 0 aliphatic heterocycles. The van der Waals surface area contributed by atoms with E-state index in [9.17, 15) is 0 Å². The van der Waals surface area contributed by atoms with Crippen LogP contribution in [0.25, 0.3) is 0 Å². The minimum atomic E-state index is 0.292. The highest BCUT2D eigenvalue weighted by molar-refractivity contribution is 6.18. The number of hydrogen-bond acceptors (Lipinski definition) is 2. The molecule has 0 saturated carbocycles. The first-order valence-electron chi connectivity index (χ1n) is 5.03. The zero-order valence-corrected chi connectivity index (χ0v) is 9.54. The minimum absolute atomic E-state index is 0.292. The number of aromatic nitrogens is 1. The average molecular weight is 213 g/mol. The van der Waals surface area contributed by atoms with Crippen molar-refractivity contribution in [2.75, 3.05) is 19.0 Å². The zero-order valence-electron chi connectivity index (χ0n) is 8.78. The summed E-state index contributed by atoms with van der Waals surface area (Å²) in [5.41, 5.74) is 1.20. The van der Waals surface area contributed by atoms with E-state index in [1.807, 2.05) is 12.3 Å². The van der Waals surface area contributed by atoms with Gasteiger partial charge in [-0.05, 0) is 24.7 Å². The molecule has 0 bridgehead atoms. The highest BCUT2D eigenvalue weighted by atomic mass is 35.5. The van der Waals surface area contributed by atoms with Gasteiger partial charge < -0.3 is 0 Å². The summed E-state index contributed by atoms with van der Waals surface area (Å²) in [6.45, 7) is 6.34. The van der Waals surface area contributed by atoms with E-state index in [1.54, 1.807) is 6.20 Å². The van der Waals surface area contributed by atoms with Gasteiger partial charge in [0.15, 0.2) is 0 Å². The van der Waals surface area contributed by atoms with Gasteiger partial charge in [0.25, 0.3) is 0 Å². The van der Waals surface area contributed by atoms with Crippen LogP contribution in [0, 0.1) is 0 Å². The lowest BCUT2D eigenvalue weighted by atomic mass is 10.1. The van der Waals surface area contributed by atoms with E-state index >= 15 is 0 Å². The molecule has 2 nitrogen and oxygen atoms in total. The van der Waals surface area contributed by atoms with Gasteiger partial charge in [-0.25, -0.2) is 0 Å². The maximum atomic E-state index is 5.98. The number of alkyl halides is 1. The van der Waals surface area contributed by atoms with E-state index in [0.29, 0.717) is 11.9 Å². The Hall–Kier alpha value is -0.600. The van der Waals surface area contributed by atoms with Crippen molar-refractivity contribution in [3.63, 3.8) is 0 Å². The van der Waals surface area contributed by atoms with E-state index < -0.39 is 0 Å². The van der Waals surface area contributed by atoms with E-state index in [-0.39, 0.29) is 0 Å². The maximum absolute atomic E-state index is 5.98. The Labute approximate surface area is 90.9 Å². The smallest absolute Gasteiger partial charge is 0.0498 e. The molecule has 0 fully saturated rings. The fraction of sp³-hybridized carbons (Fsp3) is 0.545. The predicted octanol–water partition coefficient (Wildman–Crippen LogP) is 2.70. The summed E-state index contributed by atoms with van der Waals surface area (Å²) in [6, 6.07) is 4.33. The molecule has 1 heterocycles. The van der Waals surface area contributed by atoms with Gasteiger partial charge in [-0.15, -0.1) is 11.6 Å². The molecule has 1 aromatic rings. The number of nitrogens with zero attached hydrogens (tertiary/aromatic N) is 2. The van der Waals surface area contributed by atoms with Gasteiger partial charge in [0.2, 0.25) is 0 Å². The lowest BCUT2D eigenvalue weighted by Crippen LogP contribution is -2.29. The Morgan fingerprint density at radius 3 is 2.57 bits per heavy atom. The monoisotopic (exact) mass is 212 g/mol. The molecule has 0 saturated heterocycles. The van der Waals surface area contributed by atoms with Crippen LogP contribution in [0.2, 0.25) is 0 Å².